The molecule has 0 fully saturated rings. The number of ether oxygens (including phenoxy) is 1. The predicted molar refractivity (Wildman–Crippen MR) is 113 cm³/mol. The van der Waals surface area contributed by atoms with E-state index in [0.717, 1.165) is 27.5 Å². The molecule has 1 N–H and O–H groups in total. The molecule has 0 unspecified atom stereocenters. The zero-order chi connectivity index (χ0) is 19.6. The van der Waals surface area contributed by atoms with Crippen molar-refractivity contribution in [2.75, 3.05) is 5.75 Å². The molecule has 0 spiro atoms. The highest BCUT2D eigenvalue weighted by molar-refractivity contribution is 8.00. The number of aromatic nitrogens is 1. The molecule has 0 aliphatic rings. The predicted octanol–water partition coefficient (Wildman–Crippen LogP) is 4.21. The Bertz CT molecular complexity index is 928. The van der Waals surface area contributed by atoms with E-state index >= 15 is 0 Å². The second kappa shape index (κ2) is 10.3. The Kier molecular flexibility index (Phi) is 7.21. The number of carbonyl (C=O) groups excluding carboxylic acids is 1. The molecule has 1 amide bonds. The minimum atomic E-state index is -0.139. The summed E-state index contributed by atoms with van der Waals surface area (Å²) in [6, 6.07) is 21.2. The summed E-state index contributed by atoms with van der Waals surface area (Å²) in [4.78, 5) is 17.2. The molecule has 0 bridgehead atoms. The standard InChI is InChI=1S/C22H21N3O2S/c1-17-6-2-3-8-21(17)28-16-22(26)25-24-14-18-9-11-20(12-10-18)27-15-19-7-4-5-13-23-19/h2-14H,15-16H2,1H3,(H,25,26)/b24-14-. The van der Waals surface area contributed by atoms with Crippen LogP contribution in [-0.2, 0) is 11.4 Å². The van der Waals surface area contributed by atoms with Crippen LogP contribution in [0.4, 0.5) is 0 Å². The lowest BCUT2D eigenvalue weighted by atomic mass is 10.2. The molecule has 5 nitrogen and oxygen atoms in total. The molecule has 1 heterocycles. The molecule has 1 aromatic heterocycles. The molecular formula is C22H21N3O2S. The number of nitrogens with zero attached hydrogens (tertiary/aromatic N) is 2. The first-order valence-corrected chi connectivity index (χ1v) is 9.82. The summed E-state index contributed by atoms with van der Waals surface area (Å²) < 4.78 is 5.69. The van der Waals surface area contributed by atoms with Crippen molar-refractivity contribution < 1.29 is 9.53 Å². The van der Waals surface area contributed by atoms with E-state index in [1.165, 1.54) is 11.8 Å². The maximum Gasteiger partial charge on any atom is 0.250 e. The smallest absolute Gasteiger partial charge is 0.250 e. The van der Waals surface area contributed by atoms with Crippen molar-refractivity contribution in [3.05, 3.63) is 89.7 Å². The number of pyridine rings is 1. The topological polar surface area (TPSA) is 63.6 Å². The van der Waals surface area contributed by atoms with Gasteiger partial charge in [0, 0.05) is 11.1 Å². The van der Waals surface area contributed by atoms with Gasteiger partial charge in [-0.05, 0) is 60.5 Å². The van der Waals surface area contributed by atoms with Gasteiger partial charge in [-0.15, -0.1) is 11.8 Å². The van der Waals surface area contributed by atoms with E-state index in [9.17, 15) is 4.79 Å². The molecule has 0 saturated carbocycles. The fraction of sp³-hybridized carbons (Fsp3) is 0.136. The molecule has 0 radical (unpaired) electrons. The van der Waals surface area contributed by atoms with Crippen LogP contribution in [0.3, 0.4) is 0 Å². The number of hydrogen-bond donors (Lipinski definition) is 1. The fourth-order valence-corrected chi connectivity index (χ4v) is 3.19. The Hall–Kier alpha value is -3.12. The quantitative estimate of drug-likeness (QED) is 0.355. The van der Waals surface area contributed by atoms with Gasteiger partial charge in [-0.1, -0.05) is 24.3 Å². The molecule has 2 aromatic carbocycles. The largest absolute Gasteiger partial charge is 0.487 e. The Morgan fingerprint density at radius 2 is 1.89 bits per heavy atom. The van der Waals surface area contributed by atoms with Crippen molar-refractivity contribution in [2.24, 2.45) is 5.10 Å². The van der Waals surface area contributed by atoms with E-state index in [0.29, 0.717) is 12.4 Å². The minimum Gasteiger partial charge on any atom is -0.487 e. The van der Waals surface area contributed by atoms with Gasteiger partial charge < -0.3 is 4.74 Å². The van der Waals surface area contributed by atoms with Crippen molar-refractivity contribution in [3.63, 3.8) is 0 Å². The zero-order valence-electron chi connectivity index (χ0n) is 15.5. The van der Waals surface area contributed by atoms with Crippen LogP contribution in [0.5, 0.6) is 5.75 Å². The molecular weight excluding hydrogens is 370 g/mol. The summed E-state index contributed by atoms with van der Waals surface area (Å²) in [7, 11) is 0. The van der Waals surface area contributed by atoms with E-state index in [1.54, 1.807) is 12.4 Å². The number of nitrogens with one attached hydrogen (secondary N) is 1. The summed E-state index contributed by atoms with van der Waals surface area (Å²) in [5.74, 6) is 0.934. The molecule has 0 saturated heterocycles. The maximum atomic E-state index is 11.9. The molecule has 28 heavy (non-hydrogen) atoms. The molecule has 0 atom stereocenters. The van der Waals surface area contributed by atoms with Crippen LogP contribution in [0.2, 0.25) is 0 Å². The van der Waals surface area contributed by atoms with Crippen LogP contribution >= 0.6 is 11.8 Å². The Balaban J connectivity index is 1.42. The van der Waals surface area contributed by atoms with E-state index in [2.05, 4.69) is 15.5 Å². The van der Waals surface area contributed by atoms with Crippen molar-refractivity contribution in [2.45, 2.75) is 18.4 Å². The second-order valence-corrected chi connectivity index (χ2v) is 7.04. The van der Waals surface area contributed by atoms with Gasteiger partial charge in [0.05, 0.1) is 17.7 Å². The monoisotopic (exact) mass is 391 g/mol. The first-order valence-electron chi connectivity index (χ1n) is 8.84. The average molecular weight is 391 g/mol. The number of hydrogen-bond acceptors (Lipinski definition) is 5. The van der Waals surface area contributed by atoms with E-state index < -0.39 is 0 Å². The molecule has 142 valence electrons. The zero-order valence-corrected chi connectivity index (χ0v) is 16.4. The lowest BCUT2D eigenvalue weighted by molar-refractivity contribution is -0.118. The Morgan fingerprint density at radius 3 is 2.64 bits per heavy atom. The highest BCUT2D eigenvalue weighted by Crippen LogP contribution is 2.21. The fourth-order valence-electron chi connectivity index (χ4n) is 2.36. The SMILES string of the molecule is Cc1ccccc1SCC(=O)N/N=C\c1ccc(OCc2ccccn2)cc1. The van der Waals surface area contributed by atoms with Crippen LogP contribution in [0.25, 0.3) is 0 Å². The third kappa shape index (κ3) is 6.25. The van der Waals surface area contributed by atoms with E-state index in [-0.39, 0.29) is 5.91 Å². The number of aryl methyl sites for hydroxylation is 1. The number of hydrazone groups is 1. The van der Waals surface area contributed by atoms with Crippen molar-refractivity contribution >= 4 is 23.9 Å². The van der Waals surface area contributed by atoms with Gasteiger partial charge in [-0.3, -0.25) is 9.78 Å². The summed E-state index contributed by atoms with van der Waals surface area (Å²) >= 11 is 1.50. The van der Waals surface area contributed by atoms with E-state index in [4.69, 9.17) is 4.74 Å². The Morgan fingerprint density at radius 1 is 1.11 bits per heavy atom. The van der Waals surface area contributed by atoms with Gasteiger partial charge >= 0.3 is 0 Å². The Labute approximate surface area is 168 Å². The number of thioether (sulfide) groups is 1. The number of rotatable bonds is 8. The van der Waals surface area contributed by atoms with Crippen LogP contribution in [0.1, 0.15) is 16.8 Å². The van der Waals surface area contributed by atoms with Crippen LogP contribution < -0.4 is 10.2 Å². The third-order valence-electron chi connectivity index (χ3n) is 3.85. The number of benzene rings is 2. The van der Waals surface area contributed by atoms with Crippen molar-refractivity contribution in [1.29, 1.82) is 0 Å². The van der Waals surface area contributed by atoms with Crippen LogP contribution in [0.15, 0.2) is 82.9 Å². The van der Waals surface area contributed by atoms with Gasteiger partial charge in [0.15, 0.2) is 0 Å². The van der Waals surface area contributed by atoms with Gasteiger partial charge in [-0.2, -0.15) is 5.10 Å². The highest BCUT2D eigenvalue weighted by atomic mass is 32.2. The summed E-state index contributed by atoms with van der Waals surface area (Å²) in [6.45, 7) is 2.45. The molecule has 0 aliphatic heterocycles. The summed E-state index contributed by atoms with van der Waals surface area (Å²) in [5.41, 5.74) is 5.46. The van der Waals surface area contributed by atoms with Crippen molar-refractivity contribution in [3.8, 4) is 5.75 Å². The molecule has 3 rings (SSSR count). The number of amides is 1. The lowest BCUT2D eigenvalue weighted by Gasteiger charge is -2.05. The molecule has 3 aromatic rings. The minimum absolute atomic E-state index is 0.139. The van der Waals surface area contributed by atoms with Gasteiger partial charge in [0.25, 0.3) is 0 Å². The van der Waals surface area contributed by atoms with Gasteiger partial charge in [0.1, 0.15) is 12.4 Å². The normalized spacial score (nSPS) is 10.8. The van der Waals surface area contributed by atoms with Crippen LogP contribution in [0, 0.1) is 6.92 Å². The lowest BCUT2D eigenvalue weighted by Crippen LogP contribution is -2.19. The van der Waals surface area contributed by atoms with Crippen molar-refractivity contribution in [1.82, 2.24) is 10.4 Å². The highest BCUT2D eigenvalue weighted by Gasteiger charge is 2.03. The maximum absolute atomic E-state index is 11.9. The summed E-state index contributed by atoms with van der Waals surface area (Å²) in [6.07, 6.45) is 3.35. The number of carbonyl (C=O) groups is 1. The molecule has 6 heteroatoms. The van der Waals surface area contributed by atoms with Crippen LogP contribution in [-0.4, -0.2) is 22.9 Å². The van der Waals surface area contributed by atoms with Gasteiger partial charge in [-0.25, -0.2) is 5.43 Å². The van der Waals surface area contributed by atoms with E-state index in [1.807, 2.05) is 73.7 Å². The first-order chi connectivity index (χ1) is 13.7. The third-order valence-corrected chi connectivity index (χ3v) is 5.02. The average Bonchev–Trinajstić information content (AvgIpc) is 2.73. The summed E-state index contributed by atoms with van der Waals surface area (Å²) in [5, 5.41) is 4.01. The van der Waals surface area contributed by atoms with Gasteiger partial charge in [0.2, 0.25) is 5.91 Å². The first kappa shape index (κ1) is 19.6. The molecule has 0 aliphatic carbocycles. The second-order valence-electron chi connectivity index (χ2n) is 6.03.